The van der Waals surface area contributed by atoms with E-state index in [2.05, 4.69) is 5.32 Å². The Morgan fingerprint density at radius 2 is 2.10 bits per heavy atom. The van der Waals surface area contributed by atoms with Crippen LogP contribution in [0.4, 0.5) is 5.69 Å². The summed E-state index contributed by atoms with van der Waals surface area (Å²) in [7, 11) is 0. The Labute approximate surface area is 176 Å². The van der Waals surface area contributed by atoms with Crippen molar-refractivity contribution in [2.75, 3.05) is 19.8 Å². The van der Waals surface area contributed by atoms with Gasteiger partial charge in [-0.05, 0) is 25.8 Å². The third kappa shape index (κ3) is 5.28. The molecule has 0 saturated carbocycles. The summed E-state index contributed by atoms with van der Waals surface area (Å²) in [5.74, 6) is 1.00. The summed E-state index contributed by atoms with van der Waals surface area (Å²) < 4.78 is 17.0. The summed E-state index contributed by atoms with van der Waals surface area (Å²) in [4.78, 5) is 21.2. The van der Waals surface area contributed by atoms with Gasteiger partial charge in [0.1, 0.15) is 35.8 Å². The van der Waals surface area contributed by atoms with Gasteiger partial charge < -0.3 is 29.4 Å². The van der Waals surface area contributed by atoms with E-state index in [1.165, 1.54) is 18.4 Å². The van der Waals surface area contributed by atoms with Crippen LogP contribution in [0.25, 0.3) is 0 Å². The molecule has 166 valence electrons. The van der Waals surface area contributed by atoms with E-state index < -0.39 is 22.7 Å². The van der Waals surface area contributed by atoms with Crippen molar-refractivity contribution in [3.8, 4) is 5.75 Å². The monoisotopic (exact) mass is 422 g/mol. The lowest BCUT2D eigenvalue weighted by Crippen LogP contribution is -2.55. The topological polar surface area (TPSA) is 120 Å². The number of aliphatic hydroxyl groups excluding tert-OH is 1. The van der Waals surface area contributed by atoms with Gasteiger partial charge in [0.05, 0.1) is 30.7 Å². The Bertz CT molecular complexity index is 762. The highest BCUT2D eigenvalue weighted by molar-refractivity contribution is 5.49. The molecule has 30 heavy (non-hydrogen) atoms. The van der Waals surface area contributed by atoms with Gasteiger partial charge in [0, 0.05) is 24.1 Å². The molecule has 9 nitrogen and oxygen atoms in total. The quantitative estimate of drug-likeness (QED) is 0.173. The Balaban J connectivity index is 2.31. The molecule has 0 amide bonds. The van der Waals surface area contributed by atoms with Crippen molar-refractivity contribution >= 4 is 12.0 Å². The molecule has 1 aromatic rings. The summed E-state index contributed by atoms with van der Waals surface area (Å²) in [5, 5.41) is 25.7. The number of aldehydes is 1. The van der Waals surface area contributed by atoms with Crippen molar-refractivity contribution in [3.63, 3.8) is 0 Å². The number of hydrogen-bond acceptors (Lipinski definition) is 8. The first-order valence-corrected chi connectivity index (χ1v) is 10.2. The Morgan fingerprint density at radius 1 is 1.37 bits per heavy atom. The first kappa shape index (κ1) is 23.6. The van der Waals surface area contributed by atoms with Gasteiger partial charge in [-0.2, -0.15) is 0 Å². The van der Waals surface area contributed by atoms with E-state index in [1.807, 2.05) is 20.8 Å². The molecule has 1 aromatic carbocycles. The number of nitrogens with one attached hydrogen (secondary N) is 1. The molecule has 2 atom stereocenters. The van der Waals surface area contributed by atoms with Crippen molar-refractivity contribution in [3.05, 3.63) is 45.9 Å². The highest BCUT2D eigenvalue weighted by Gasteiger charge is 2.47. The Morgan fingerprint density at radius 3 is 2.70 bits per heavy atom. The average Bonchev–Trinajstić information content (AvgIpc) is 2.75. The molecule has 0 radical (unpaired) electrons. The molecule has 1 aliphatic heterocycles. The number of nitro groups is 1. The first-order chi connectivity index (χ1) is 14.4. The summed E-state index contributed by atoms with van der Waals surface area (Å²) in [6.07, 6.45) is 2.69. The van der Waals surface area contributed by atoms with Crippen molar-refractivity contribution in [2.24, 2.45) is 0 Å². The van der Waals surface area contributed by atoms with E-state index >= 15 is 0 Å². The van der Waals surface area contributed by atoms with E-state index in [1.54, 1.807) is 6.07 Å². The van der Waals surface area contributed by atoms with Crippen LogP contribution in [0, 0.1) is 10.1 Å². The van der Waals surface area contributed by atoms with Crippen molar-refractivity contribution in [2.45, 2.75) is 57.8 Å². The number of nitro benzene ring substituents is 1. The summed E-state index contributed by atoms with van der Waals surface area (Å²) in [6.45, 7) is 6.59. The third-order valence-electron chi connectivity index (χ3n) is 5.30. The molecule has 1 heterocycles. The molecule has 0 aromatic heterocycles. The lowest BCUT2D eigenvalue weighted by Gasteiger charge is -2.45. The predicted molar refractivity (Wildman–Crippen MR) is 110 cm³/mol. The van der Waals surface area contributed by atoms with Gasteiger partial charge in [-0.25, -0.2) is 0 Å². The Hall–Kier alpha value is -2.65. The normalized spacial score (nSPS) is 20.1. The number of benzene rings is 1. The Kier molecular flexibility index (Phi) is 8.61. The molecule has 0 spiro atoms. The SMILES string of the molecule is CCO/C(=C\OCCC=O)CNC1c2cc([N+](=O)[O-])ccc2OC(CC)(CC)C1O. The second-order valence-corrected chi connectivity index (χ2v) is 7.00. The second-order valence-electron chi connectivity index (χ2n) is 7.00. The van der Waals surface area contributed by atoms with Crippen LogP contribution in [-0.4, -0.2) is 47.8 Å². The van der Waals surface area contributed by atoms with Gasteiger partial charge in [-0.15, -0.1) is 0 Å². The van der Waals surface area contributed by atoms with E-state index in [4.69, 9.17) is 14.2 Å². The summed E-state index contributed by atoms with van der Waals surface area (Å²) in [5.41, 5.74) is -0.363. The minimum absolute atomic E-state index is 0.0744. The molecular formula is C21H30N2O7. The number of nitrogens with zero attached hydrogens (tertiary/aromatic N) is 1. The molecule has 0 aliphatic carbocycles. The van der Waals surface area contributed by atoms with Gasteiger partial charge in [-0.1, -0.05) is 13.8 Å². The van der Waals surface area contributed by atoms with Gasteiger partial charge in [-0.3, -0.25) is 10.1 Å². The van der Waals surface area contributed by atoms with Crippen molar-refractivity contribution in [1.82, 2.24) is 5.32 Å². The number of carbonyl (C=O) groups is 1. The molecular weight excluding hydrogens is 392 g/mol. The fraction of sp³-hybridized carbons (Fsp3) is 0.571. The minimum Gasteiger partial charge on any atom is -0.497 e. The zero-order valence-corrected chi connectivity index (χ0v) is 17.6. The van der Waals surface area contributed by atoms with Crippen LogP contribution in [0.15, 0.2) is 30.2 Å². The second kappa shape index (κ2) is 10.9. The number of carbonyl (C=O) groups excluding carboxylic acids is 1. The number of fused-ring (bicyclic) bond motifs is 1. The van der Waals surface area contributed by atoms with Gasteiger partial charge in [0.2, 0.25) is 0 Å². The van der Waals surface area contributed by atoms with Crippen LogP contribution in [0.1, 0.15) is 51.6 Å². The van der Waals surface area contributed by atoms with Crippen LogP contribution < -0.4 is 10.1 Å². The van der Waals surface area contributed by atoms with Gasteiger partial charge in [0.15, 0.2) is 0 Å². The number of rotatable bonds is 12. The minimum atomic E-state index is -0.930. The maximum Gasteiger partial charge on any atom is 0.270 e. The number of aliphatic hydroxyl groups is 1. The smallest absolute Gasteiger partial charge is 0.270 e. The van der Waals surface area contributed by atoms with E-state index in [9.17, 15) is 20.0 Å². The molecule has 0 saturated heterocycles. The van der Waals surface area contributed by atoms with Gasteiger partial charge in [0.25, 0.3) is 5.69 Å². The highest BCUT2D eigenvalue weighted by Crippen LogP contribution is 2.44. The zero-order valence-electron chi connectivity index (χ0n) is 17.6. The van der Waals surface area contributed by atoms with Crippen LogP contribution in [0.2, 0.25) is 0 Å². The fourth-order valence-electron chi connectivity index (χ4n) is 3.56. The average molecular weight is 422 g/mol. The number of non-ortho nitro benzene ring substituents is 1. The lowest BCUT2D eigenvalue weighted by molar-refractivity contribution is -0.385. The van der Waals surface area contributed by atoms with Crippen molar-refractivity contribution in [1.29, 1.82) is 0 Å². The molecule has 2 rings (SSSR count). The fourth-order valence-corrected chi connectivity index (χ4v) is 3.56. The molecule has 9 heteroatoms. The molecule has 0 fully saturated rings. The third-order valence-corrected chi connectivity index (χ3v) is 5.30. The lowest BCUT2D eigenvalue weighted by atomic mass is 9.80. The van der Waals surface area contributed by atoms with Crippen LogP contribution in [0.5, 0.6) is 5.75 Å². The molecule has 0 bridgehead atoms. The maximum absolute atomic E-state index is 11.2. The number of ether oxygens (including phenoxy) is 3. The van der Waals surface area contributed by atoms with Crippen LogP contribution >= 0.6 is 0 Å². The van der Waals surface area contributed by atoms with Crippen molar-refractivity contribution < 1.29 is 29.0 Å². The van der Waals surface area contributed by atoms with Gasteiger partial charge >= 0.3 is 0 Å². The van der Waals surface area contributed by atoms with E-state index in [0.717, 1.165) is 6.29 Å². The number of hydrogen-bond donors (Lipinski definition) is 2. The van der Waals surface area contributed by atoms with E-state index in [0.29, 0.717) is 36.5 Å². The van der Waals surface area contributed by atoms with Crippen LogP contribution in [0.3, 0.4) is 0 Å². The largest absolute Gasteiger partial charge is 0.497 e. The maximum atomic E-state index is 11.2. The summed E-state index contributed by atoms with van der Waals surface area (Å²) in [6, 6.07) is 3.80. The molecule has 1 aliphatic rings. The predicted octanol–water partition coefficient (Wildman–Crippen LogP) is 3.02. The zero-order chi connectivity index (χ0) is 22.1. The van der Waals surface area contributed by atoms with Crippen LogP contribution in [-0.2, 0) is 14.3 Å². The summed E-state index contributed by atoms with van der Waals surface area (Å²) >= 11 is 0. The highest BCUT2D eigenvalue weighted by atomic mass is 16.6. The van der Waals surface area contributed by atoms with E-state index in [-0.39, 0.29) is 25.3 Å². The first-order valence-electron chi connectivity index (χ1n) is 10.2. The molecule has 2 N–H and O–H groups in total. The molecule has 2 unspecified atom stereocenters. The standard InChI is InChI=1S/C21H30N2O7/c1-4-21(5-2)20(25)19(17-12-15(23(26)27)8-9-18(17)30-21)22-13-16(29-6-3)14-28-11-7-10-24/h8-10,12,14,19-20,22,25H,4-7,11,13H2,1-3H3/b16-14-.